The van der Waals surface area contributed by atoms with E-state index in [2.05, 4.69) is 21.3 Å². The van der Waals surface area contributed by atoms with Gasteiger partial charge in [0.2, 0.25) is 0 Å². The zero-order valence-electron chi connectivity index (χ0n) is 8.45. The van der Waals surface area contributed by atoms with E-state index in [1.165, 1.54) is 7.11 Å². The predicted octanol–water partition coefficient (Wildman–Crippen LogP) is -0.591. The van der Waals surface area contributed by atoms with Gasteiger partial charge in [0.15, 0.2) is 6.10 Å². The number of carboxylic acids is 1. The van der Waals surface area contributed by atoms with Gasteiger partial charge in [0.05, 0.1) is 6.54 Å². The van der Waals surface area contributed by atoms with E-state index < -0.39 is 18.1 Å². The number of hydrogen-bond donors (Lipinski definition) is 3. The van der Waals surface area contributed by atoms with E-state index in [1.54, 1.807) is 0 Å². The van der Waals surface area contributed by atoms with E-state index in [0.717, 1.165) is 0 Å². The molecule has 0 heterocycles. The van der Waals surface area contributed by atoms with Gasteiger partial charge in [-0.25, -0.2) is 9.59 Å². The van der Waals surface area contributed by atoms with Gasteiger partial charge in [-0.15, -0.1) is 12.3 Å². The number of urea groups is 1. The smallest absolute Gasteiger partial charge is 0.334 e. The maximum atomic E-state index is 11.0. The minimum absolute atomic E-state index is 0.0896. The monoisotopic (exact) mass is 214 g/mol. The maximum absolute atomic E-state index is 11.0. The number of aliphatic carboxylic acids is 1. The number of carbonyl (C=O) groups is 2. The average Bonchev–Trinajstić information content (AvgIpc) is 2.18. The fourth-order valence-electron chi connectivity index (χ4n) is 0.768. The first-order valence-electron chi connectivity index (χ1n) is 4.32. The van der Waals surface area contributed by atoms with Crippen molar-refractivity contribution in [3.63, 3.8) is 0 Å². The lowest BCUT2D eigenvalue weighted by atomic mass is 10.3. The Bertz CT molecular complexity index is 259. The summed E-state index contributed by atoms with van der Waals surface area (Å²) < 4.78 is 4.61. The number of carboxylic acid groups (broad SMARTS) is 1. The van der Waals surface area contributed by atoms with Crippen molar-refractivity contribution in [2.75, 3.05) is 20.2 Å². The Morgan fingerprint density at radius 3 is 2.67 bits per heavy atom. The third kappa shape index (κ3) is 6.35. The predicted molar refractivity (Wildman–Crippen MR) is 53.3 cm³/mol. The van der Waals surface area contributed by atoms with Crippen molar-refractivity contribution in [2.24, 2.45) is 0 Å². The first kappa shape index (κ1) is 13.3. The Kier molecular flexibility index (Phi) is 6.76. The molecule has 6 heteroatoms. The standard InChI is InChI=1S/C9H14N2O4/c1-3-4-5-10-9(14)11-6-7(15-2)8(12)13/h1,7H,4-6H2,2H3,(H,12,13)(H2,10,11,14). The van der Waals surface area contributed by atoms with Gasteiger partial charge in [-0.2, -0.15) is 0 Å². The molecule has 0 rings (SSSR count). The molecule has 0 saturated carbocycles. The Labute approximate surface area is 88.0 Å². The second-order valence-electron chi connectivity index (χ2n) is 2.65. The first-order valence-corrected chi connectivity index (χ1v) is 4.32. The molecule has 0 aromatic carbocycles. The van der Waals surface area contributed by atoms with Crippen LogP contribution in [0.1, 0.15) is 6.42 Å². The van der Waals surface area contributed by atoms with Gasteiger partial charge in [0.25, 0.3) is 0 Å². The normalized spacial score (nSPS) is 11.2. The van der Waals surface area contributed by atoms with Crippen LogP contribution in [-0.4, -0.2) is 43.4 Å². The van der Waals surface area contributed by atoms with Crippen molar-refractivity contribution in [1.29, 1.82) is 0 Å². The second kappa shape index (κ2) is 7.64. The highest BCUT2D eigenvalue weighted by atomic mass is 16.5. The van der Waals surface area contributed by atoms with Crippen LogP contribution in [0.4, 0.5) is 4.79 Å². The molecular formula is C9H14N2O4. The Morgan fingerprint density at radius 1 is 1.53 bits per heavy atom. The van der Waals surface area contributed by atoms with E-state index >= 15 is 0 Å². The lowest BCUT2D eigenvalue weighted by Crippen LogP contribution is -2.42. The number of methoxy groups -OCH3 is 1. The Hall–Kier alpha value is -1.74. The number of rotatable bonds is 6. The highest BCUT2D eigenvalue weighted by molar-refractivity contribution is 5.76. The van der Waals surface area contributed by atoms with E-state index in [0.29, 0.717) is 13.0 Å². The highest BCUT2D eigenvalue weighted by Gasteiger charge is 2.16. The lowest BCUT2D eigenvalue weighted by Gasteiger charge is -2.11. The number of nitrogens with one attached hydrogen (secondary N) is 2. The minimum Gasteiger partial charge on any atom is -0.479 e. The summed E-state index contributed by atoms with van der Waals surface area (Å²) in [6.07, 6.45) is 4.37. The molecule has 1 unspecified atom stereocenters. The van der Waals surface area contributed by atoms with Gasteiger partial charge in [0.1, 0.15) is 0 Å². The van der Waals surface area contributed by atoms with Crippen molar-refractivity contribution in [2.45, 2.75) is 12.5 Å². The number of amides is 2. The van der Waals surface area contributed by atoms with Gasteiger partial charge in [-0.1, -0.05) is 0 Å². The van der Waals surface area contributed by atoms with E-state index in [9.17, 15) is 9.59 Å². The number of carbonyl (C=O) groups excluding carboxylic acids is 1. The van der Waals surface area contributed by atoms with Crippen LogP contribution in [0.5, 0.6) is 0 Å². The molecule has 0 saturated heterocycles. The van der Waals surface area contributed by atoms with Gasteiger partial charge in [-0.3, -0.25) is 0 Å². The Morgan fingerprint density at radius 2 is 2.20 bits per heavy atom. The molecule has 0 aliphatic carbocycles. The first-order chi connectivity index (χ1) is 7.11. The summed E-state index contributed by atoms with van der Waals surface area (Å²) in [5.41, 5.74) is 0. The third-order valence-corrected chi connectivity index (χ3v) is 1.56. The highest BCUT2D eigenvalue weighted by Crippen LogP contribution is 1.87. The van der Waals surface area contributed by atoms with Gasteiger partial charge in [-0.05, 0) is 0 Å². The number of ether oxygens (including phenoxy) is 1. The lowest BCUT2D eigenvalue weighted by molar-refractivity contribution is -0.147. The molecule has 84 valence electrons. The van der Waals surface area contributed by atoms with Crippen molar-refractivity contribution in [1.82, 2.24) is 10.6 Å². The molecule has 2 amide bonds. The van der Waals surface area contributed by atoms with Gasteiger partial charge in [0, 0.05) is 20.1 Å². The van der Waals surface area contributed by atoms with Crippen LogP contribution in [0.25, 0.3) is 0 Å². The topological polar surface area (TPSA) is 87.7 Å². The molecule has 0 bridgehead atoms. The quantitative estimate of drug-likeness (QED) is 0.407. The van der Waals surface area contributed by atoms with Crippen LogP contribution >= 0.6 is 0 Å². The van der Waals surface area contributed by atoms with Crippen LogP contribution in [0.15, 0.2) is 0 Å². The molecule has 0 aliphatic heterocycles. The maximum Gasteiger partial charge on any atom is 0.334 e. The molecule has 3 N–H and O–H groups in total. The molecule has 0 fully saturated rings. The van der Waals surface area contributed by atoms with Crippen LogP contribution in [-0.2, 0) is 9.53 Å². The number of hydrogen-bond acceptors (Lipinski definition) is 3. The fraction of sp³-hybridized carbons (Fsp3) is 0.556. The molecule has 0 spiro atoms. The molecule has 0 aromatic rings. The molecule has 1 atom stereocenters. The van der Waals surface area contributed by atoms with Crippen molar-refractivity contribution in [3.8, 4) is 12.3 Å². The van der Waals surface area contributed by atoms with Crippen molar-refractivity contribution in [3.05, 3.63) is 0 Å². The average molecular weight is 214 g/mol. The van der Waals surface area contributed by atoms with E-state index in [1.807, 2.05) is 0 Å². The summed E-state index contributed by atoms with van der Waals surface area (Å²) in [5.74, 6) is 1.23. The minimum atomic E-state index is -1.12. The summed E-state index contributed by atoms with van der Waals surface area (Å²) in [7, 11) is 1.26. The SMILES string of the molecule is C#CCCNC(=O)NCC(OC)C(=O)O. The van der Waals surface area contributed by atoms with Crippen LogP contribution in [0.3, 0.4) is 0 Å². The van der Waals surface area contributed by atoms with Crippen LogP contribution in [0, 0.1) is 12.3 Å². The summed E-state index contributed by atoms with van der Waals surface area (Å²) in [6, 6.07) is -0.464. The molecule has 15 heavy (non-hydrogen) atoms. The van der Waals surface area contributed by atoms with E-state index in [-0.39, 0.29) is 6.54 Å². The molecule has 0 aliphatic rings. The molecule has 0 aromatic heterocycles. The fourth-order valence-corrected chi connectivity index (χ4v) is 0.768. The van der Waals surface area contributed by atoms with Crippen LogP contribution in [0.2, 0.25) is 0 Å². The summed E-state index contributed by atoms with van der Waals surface area (Å²) in [4.78, 5) is 21.5. The van der Waals surface area contributed by atoms with E-state index in [4.69, 9.17) is 11.5 Å². The zero-order valence-corrected chi connectivity index (χ0v) is 8.45. The Balaban J connectivity index is 3.70. The summed E-state index contributed by atoms with van der Waals surface area (Å²) in [6.45, 7) is 0.265. The van der Waals surface area contributed by atoms with Gasteiger partial charge < -0.3 is 20.5 Å². The summed E-state index contributed by atoms with van der Waals surface area (Å²) in [5, 5.41) is 13.4. The van der Waals surface area contributed by atoms with Gasteiger partial charge >= 0.3 is 12.0 Å². The second-order valence-corrected chi connectivity index (χ2v) is 2.65. The molecular weight excluding hydrogens is 200 g/mol. The zero-order chi connectivity index (χ0) is 11.7. The van der Waals surface area contributed by atoms with Crippen molar-refractivity contribution >= 4 is 12.0 Å². The third-order valence-electron chi connectivity index (χ3n) is 1.56. The largest absolute Gasteiger partial charge is 0.479 e. The van der Waals surface area contributed by atoms with Crippen LogP contribution < -0.4 is 10.6 Å². The summed E-state index contributed by atoms with van der Waals surface area (Å²) >= 11 is 0. The molecule has 6 nitrogen and oxygen atoms in total. The molecule has 0 radical (unpaired) electrons. The van der Waals surface area contributed by atoms with Crippen molar-refractivity contribution < 1.29 is 19.4 Å². The number of terminal acetylenes is 1.